The fraction of sp³-hybridized carbons (Fsp3) is 0.250. The van der Waals surface area contributed by atoms with Crippen LogP contribution < -0.4 is 0 Å². The number of benzene rings is 2. The van der Waals surface area contributed by atoms with Crippen LogP contribution >= 0.6 is 27.5 Å². The lowest BCUT2D eigenvalue weighted by Crippen LogP contribution is -2.37. The van der Waals surface area contributed by atoms with Crippen LogP contribution in [0.4, 0.5) is 4.39 Å². The highest BCUT2D eigenvalue weighted by molar-refractivity contribution is 9.10. The van der Waals surface area contributed by atoms with Gasteiger partial charge in [-0.05, 0) is 35.7 Å². The predicted molar refractivity (Wildman–Crippen MR) is 85.1 cm³/mol. The molecule has 0 aliphatic carbocycles. The van der Waals surface area contributed by atoms with Gasteiger partial charge in [0.1, 0.15) is 5.82 Å². The van der Waals surface area contributed by atoms with Crippen molar-refractivity contribution in [2.45, 2.75) is 11.8 Å². The first-order valence-corrected chi connectivity index (χ1v) is 7.60. The largest absolute Gasteiger partial charge is 0.395 e. The molecule has 21 heavy (non-hydrogen) atoms. The van der Waals surface area contributed by atoms with Crippen LogP contribution in [-0.2, 0) is 11.8 Å². The minimum Gasteiger partial charge on any atom is -0.395 e. The summed E-state index contributed by atoms with van der Waals surface area (Å²) in [4.78, 5) is 0. The van der Waals surface area contributed by atoms with E-state index in [1.807, 2.05) is 24.3 Å². The number of halogens is 3. The molecule has 0 amide bonds. The molecule has 0 radical (unpaired) electrons. The number of aliphatic hydroxyl groups is 2. The minimum absolute atomic E-state index is 0.0266. The molecular formula is C16H15BrClFO2. The first kappa shape index (κ1) is 16.4. The van der Waals surface area contributed by atoms with Gasteiger partial charge in [-0.25, -0.2) is 4.39 Å². The van der Waals surface area contributed by atoms with Crippen molar-refractivity contribution >= 4 is 27.5 Å². The van der Waals surface area contributed by atoms with Gasteiger partial charge in [-0.2, -0.15) is 0 Å². The van der Waals surface area contributed by atoms with Crippen molar-refractivity contribution in [3.05, 3.63) is 68.9 Å². The van der Waals surface area contributed by atoms with Gasteiger partial charge in [-0.3, -0.25) is 0 Å². The van der Waals surface area contributed by atoms with E-state index in [0.29, 0.717) is 5.56 Å². The molecule has 2 aromatic rings. The van der Waals surface area contributed by atoms with E-state index in [-0.39, 0.29) is 24.7 Å². The van der Waals surface area contributed by atoms with E-state index >= 15 is 0 Å². The molecule has 0 unspecified atom stereocenters. The van der Waals surface area contributed by atoms with Gasteiger partial charge in [0.25, 0.3) is 0 Å². The summed E-state index contributed by atoms with van der Waals surface area (Å²) in [5.41, 5.74) is 0.406. The fourth-order valence-electron chi connectivity index (χ4n) is 2.31. The Morgan fingerprint density at radius 3 is 2.38 bits per heavy atom. The van der Waals surface area contributed by atoms with Crippen molar-refractivity contribution in [2.24, 2.45) is 0 Å². The lowest BCUT2D eigenvalue weighted by molar-refractivity contribution is 0.116. The van der Waals surface area contributed by atoms with E-state index in [9.17, 15) is 14.6 Å². The van der Waals surface area contributed by atoms with Gasteiger partial charge in [0.2, 0.25) is 0 Å². The Hall–Kier alpha value is -0.940. The van der Waals surface area contributed by atoms with Crippen LogP contribution in [0.1, 0.15) is 11.1 Å². The smallest absolute Gasteiger partial charge is 0.142 e. The van der Waals surface area contributed by atoms with Crippen LogP contribution in [0.3, 0.4) is 0 Å². The number of hydrogen-bond donors (Lipinski definition) is 2. The molecule has 0 saturated carbocycles. The van der Waals surface area contributed by atoms with E-state index in [1.165, 1.54) is 6.07 Å². The highest BCUT2D eigenvalue weighted by atomic mass is 79.9. The molecule has 0 atom stereocenters. The van der Waals surface area contributed by atoms with Crippen molar-refractivity contribution in [1.82, 2.24) is 0 Å². The molecule has 0 aliphatic heterocycles. The zero-order chi connectivity index (χ0) is 15.5. The maximum absolute atomic E-state index is 13.6. The van der Waals surface area contributed by atoms with Gasteiger partial charge < -0.3 is 10.2 Å². The quantitative estimate of drug-likeness (QED) is 0.839. The summed E-state index contributed by atoms with van der Waals surface area (Å²) in [6.07, 6.45) is 0.243. The normalized spacial score (nSPS) is 11.7. The number of aliphatic hydroxyl groups excluding tert-OH is 2. The van der Waals surface area contributed by atoms with Gasteiger partial charge in [0, 0.05) is 9.89 Å². The summed E-state index contributed by atoms with van der Waals surface area (Å²) in [5, 5.41) is 19.7. The maximum Gasteiger partial charge on any atom is 0.142 e. The average Bonchev–Trinajstić information content (AvgIpc) is 2.49. The van der Waals surface area contributed by atoms with Crippen LogP contribution in [0.5, 0.6) is 0 Å². The molecule has 0 heterocycles. The zero-order valence-electron chi connectivity index (χ0n) is 11.2. The van der Waals surface area contributed by atoms with E-state index in [0.717, 1.165) is 10.0 Å². The van der Waals surface area contributed by atoms with Crippen molar-refractivity contribution in [1.29, 1.82) is 0 Å². The summed E-state index contributed by atoms with van der Waals surface area (Å²) in [6, 6.07) is 11.9. The SMILES string of the molecule is OCC(CO)(Cc1cccc(F)c1Cl)c1cccc(Br)c1. The molecule has 0 fully saturated rings. The summed E-state index contributed by atoms with van der Waals surface area (Å²) in [6.45, 7) is -0.542. The molecule has 112 valence electrons. The number of rotatable bonds is 5. The molecule has 0 aromatic heterocycles. The van der Waals surface area contributed by atoms with Crippen molar-refractivity contribution in [3.63, 3.8) is 0 Å². The predicted octanol–water partition coefficient (Wildman–Crippen LogP) is 3.71. The molecule has 5 heteroatoms. The van der Waals surface area contributed by atoms with Crippen molar-refractivity contribution < 1.29 is 14.6 Å². The molecule has 0 bridgehead atoms. The highest BCUT2D eigenvalue weighted by Crippen LogP contribution is 2.32. The monoisotopic (exact) mass is 372 g/mol. The average molecular weight is 374 g/mol. The minimum atomic E-state index is -0.915. The fourth-order valence-corrected chi connectivity index (χ4v) is 2.91. The van der Waals surface area contributed by atoms with Gasteiger partial charge in [-0.15, -0.1) is 0 Å². The molecule has 2 rings (SSSR count). The molecule has 0 saturated heterocycles. The highest BCUT2D eigenvalue weighted by Gasteiger charge is 2.32. The Kier molecular flexibility index (Phi) is 5.38. The third-order valence-electron chi connectivity index (χ3n) is 3.60. The standard InChI is InChI=1S/C16H15BrClFO2/c17-13-5-2-4-12(7-13)16(9-20,10-21)8-11-3-1-6-14(19)15(11)18/h1-7,20-21H,8-10H2. The Labute approximate surface area is 136 Å². The lowest BCUT2D eigenvalue weighted by atomic mass is 9.77. The van der Waals surface area contributed by atoms with Crippen LogP contribution in [0.25, 0.3) is 0 Å². The van der Waals surface area contributed by atoms with Crippen LogP contribution in [0.2, 0.25) is 5.02 Å². The van der Waals surface area contributed by atoms with Crippen LogP contribution in [-0.4, -0.2) is 23.4 Å². The maximum atomic E-state index is 13.6. The van der Waals surface area contributed by atoms with E-state index in [4.69, 9.17) is 11.6 Å². The molecule has 2 N–H and O–H groups in total. The topological polar surface area (TPSA) is 40.5 Å². The summed E-state index contributed by atoms with van der Waals surface area (Å²) in [5.74, 6) is -0.506. The molecule has 0 spiro atoms. The Bertz CT molecular complexity index is 629. The zero-order valence-corrected chi connectivity index (χ0v) is 13.5. The van der Waals surface area contributed by atoms with Crippen LogP contribution in [0, 0.1) is 5.82 Å². The molecule has 0 aliphatic rings. The lowest BCUT2D eigenvalue weighted by Gasteiger charge is -2.31. The Balaban J connectivity index is 2.45. The van der Waals surface area contributed by atoms with Crippen molar-refractivity contribution in [3.8, 4) is 0 Å². The van der Waals surface area contributed by atoms with Gasteiger partial charge in [0.15, 0.2) is 0 Å². The molecular weight excluding hydrogens is 359 g/mol. The second-order valence-electron chi connectivity index (χ2n) is 5.00. The van der Waals surface area contributed by atoms with E-state index < -0.39 is 11.2 Å². The Morgan fingerprint density at radius 1 is 1.10 bits per heavy atom. The second-order valence-corrected chi connectivity index (χ2v) is 6.29. The van der Waals surface area contributed by atoms with Gasteiger partial charge >= 0.3 is 0 Å². The van der Waals surface area contributed by atoms with E-state index in [1.54, 1.807) is 12.1 Å². The first-order valence-electron chi connectivity index (χ1n) is 6.43. The first-order chi connectivity index (χ1) is 10.0. The van der Waals surface area contributed by atoms with Gasteiger partial charge in [0.05, 0.1) is 18.2 Å². The molecule has 2 aromatic carbocycles. The van der Waals surface area contributed by atoms with Crippen LogP contribution in [0.15, 0.2) is 46.9 Å². The van der Waals surface area contributed by atoms with E-state index in [2.05, 4.69) is 15.9 Å². The summed E-state index contributed by atoms with van der Waals surface area (Å²) in [7, 11) is 0. The third kappa shape index (κ3) is 3.46. The summed E-state index contributed by atoms with van der Waals surface area (Å²) >= 11 is 9.36. The Morgan fingerprint density at radius 2 is 1.76 bits per heavy atom. The number of hydrogen-bond acceptors (Lipinski definition) is 2. The van der Waals surface area contributed by atoms with Gasteiger partial charge in [-0.1, -0.05) is 51.8 Å². The van der Waals surface area contributed by atoms with Crippen molar-refractivity contribution in [2.75, 3.05) is 13.2 Å². The second kappa shape index (κ2) is 6.88. The molecule has 2 nitrogen and oxygen atoms in total. The third-order valence-corrected chi connectivity index (χ3v) is 4.52. The summed E-state index contributed by atoms with van der Waals surface area (Å²) < 4.78 is 14.4.